The zero-order valence-electron chi connectivity index (χ0n) is 15.7. The number of nitrogens with zero attached hydrogens (tertiary/aromatic N) is 1. The molecule has 0 aliphatic carbocycles. The SMILES string of the molecule is CCn1cc(-c2ccc(S[C@H]3O[C@H](CO)[C@@H](O)[C@H](O)[C@@H]3O)c(C)c2)ccc1=O. The molecule has 2 aromatic rings. The Labute approximate surface area is 167 Å². The average Bonchev–Trinajstić information content (AvgIpc) is 2.70. The van der Waals surface area contributed by atoms with Crippen LogP contribution in [0, 0.1) is 6.92 Å². The van der Waals surface area contributed by atoms with Crippen molar-refractivity contribution in [1.29, 1.82) is 0 Å². The van der Waals surface area contributed by atoms with E-state index >= 15 is 0 Å². The van der Waals surface area contributed by atoms with Crippen molar-refractivity contribution in [2.45, 2.75) is 55.1 Å². The Morgan fingerprint density at radius 2 is 1.79 bits per heavy atom. The second-order valence-corrected chi connectivity index (χ2v) is 7.98. The first kappa shape index (κ1) is 21.0. The van der Waals surface area contributed by atoms with Crippen LogP contribution in [0.5, 0.6) is 0 Å². The van der Waals surface area contributed by atoms with Gasteiger partial charge in [0.05, 0.1) is 6.61 Å². The van der Waals surface area contributed by atoms with Crippen LogP contribution in [-0.2, 0) is 11.3 Å². The van der Waals surface area contributed by atoms with Crippen molar-refractivity contribution in [3.63, 3.8) is 0 Å². The topological polar surface area (TPSA) is 112 Å². The van der Waals surface area contributed by atoms with Gasteiger partial charge in [0.2, 0.25) is 0 Å². The van der Waals surface area contributed by atoms with Gasteiger partial charge in [-0.25, -0.2) is 0 Å². The fraction of sp³-hybridized carbons (Fsp3) is 0.450. The normalized spacial score (nSPS) is 27.7. The highest BCUT2D eigenvalue weighted by Gasteiger charge is 2.43. The second kappa shape index (κ2) is 8.77. The van der Waals surface area contributed by atoms with Crippen molar-refractivity contribution >= 4 is 11.8 Å². The maximum atomic E-state index is 11.8. The summed E-state index contributed by atoms with van der Waals surface area (Å²) in [6, 6.07) is 9.11. The Morgan fingerprint density at radius 3 is 2.43 bits per heavy atom. The molecule has 8 heteroatoms. The molecule has 1 aliphatic heterocycles. The Kier molecular flexibility index (Phi) is 6.59. The molecule has 0 unspecified atom stereocenters. The minimum Gasteiger partial charge on any atom is -0.394 e. The fourth-order valence-electron chi connectivity index (χ4n) is 3.20. The Morgan fingerprint density at radius 1 is 1.07 bits per heavy atom. The van der Waals surface area contributed by atoms with Gasteiger partial charge in [-0.15, -0.1) is 0 Å². The van der Waals surface area contributed by atoms with Crippen LogP contribution >= 0.6 is 11.8 Å². The van der Waals surface area contributed by atoms with Crippen LogP contribution in [0.3, 0.4) is 0 Å². The van der Waals surface area contributed by atoms with Gasteiger partial charge in [-0.2, -0.15) is 0 Å². The number of pyridine rings is 1. The standard InChI is InChI=1S/C20H25NO6S/c1-3-21-9-13(5-7-16(21)23)12-4-6-15(11(2)8-12)28-20-19(26)18(25)17(24)14(10-22)27-20/h4-9,14,17-20,22,24-26H,3,10H2,1-2H3/t14-,17-,18+,19+,20-/m1/s1. The summed E-state index contributed by atoms with van der Waals surface area (Å²) in [7, 11) is 0. The minimum absolute atomic E-state index is 0.0437. The summed E-state index contributed by atoms with van der Waals surface area (Å²) in [5.74, 6) is 0. The van der Waals surface area contributed by atoms with Crippen LogP contribution in [0.1, 0.15) is 12.5 Å². The van der Waals surface area contributed by atoms with E-state index < -0.39 is 36.5 Å². The summed E-state index contributed by atoms with van der Waals surface area (Å²) in [5.41, 5.74) is 1.96. The maximum Gasteiger partial charge on any atom is 0.250 e. The summed E-state index contributed by atoms with van der Waals surface area (Å²) in [6.45, 7) is 3.98. The fourth-order valence-corrected chi connectivity index (χ4v) is 4.34. The van der Waals surface area contributed by atoms with Crippen molar-refractivity contribution in [3.05, 3.63) is 52.4 Å². The van der Waals surface area contributed by atoms with E-state index in [1.807, 2.05) is 38.2 Å². The first-order valence-electron chi connectivity index (χ1n) is 9.14. The molecular formula is C20H25NO6S. The van der Waals surface area contributed by atoms with E-state index in [2.05, 4.69) is 0 Å². The quantitative estimate of drug-likeness (QED) is 0.578. The highest BCUT2D eigenvalue weighted by molar-refractivity contribution is 7.99. The van der Waals surface area contributed by atoms with Crippen LogP contribution in [0.25, 0.3) is 11.1 Å². The molecule has 1 fully saturated rings. The molecule has 1 saturated heterocycles. The van der Waals surface area contributed by atoms with Gasteiger partial charge in [-0.3, -0.25) is 4.79 Å². The number of aliphatic hydroxyl groups is 4. The number of hydrogen-bond acceptors (Lipinski definition) is 7. The molecule has 2 heterocycles. The van der Waals surface area contributed by atoms with E-state index in [-0.39, 0.29) is 5.56 Å². The van der Waals surface area contributed by atoms with Crippen molar-refractivity contribution in [3.8, 4) is 11.1 Å². The van der Waals surface area contributed by atoms with Crippen molar-refractivity contribution in [1.82, 2.24) is 4.57 Å². The van der Waals surface area contributed by atoms with Gasteiger partial charge >= 0.3 is 0 Å². The molecule has 0 saturated carbocycles. The van der Waals surface area contributed by atoms with Gasteiger partial charge < -0.3 is 29.7 Å². The molecular weight excluding hydrogens is 382 g/mol. The number of benzene rings is 1. The molecule has 152 valence electrons. The zero-order chi connectivity index (χ0) is 20.4. The summed E-state index contributed by atoms with van der Waals surface area (Å²) in [6.07, 6.45) is -3.14. The van der Waals surface area contributed by atoms with Crippen LogP contribution in [0.4, 0.5) is 0 Å². The Bertz CT molecular complexity index is 883. The van der Waals surface area contributed by atoms with E-state index in [0.717, 1.165) is 21.6 Å². The molecule has 0 amide bonds. The van der Waals surface area contributed by atoms with Crippen LogP contribution < -0.4 is 5.56 Å². The van der Waals surface area contributed by atoms with Crippen molar-refractivity contribution < 1.29 is 25.2 Å². The number of thioether (sulfide) groups is 1. The van der Waals surface area contributed by atoms with Gasteiger partial charge in [0, 0.05) is 23.7 Å². The number of aliphatic hydroxyl groups excluding tert-OH is 4. The predicted molar refractivity (Wildman–Crippen MR) is 106 cm³/mol. The van der Waals surface area contributed by atoms with E-state index in [9.17, 15) is 25.2 Å². The lowest BCUT2D eigenvalue weighted by molar-refractivity contribution is -0.205. The molecule has 0 radical (unpaired) electrons. The Hall–Kier alpha value is -1.68. The number of rotatable bonds is 5. The maximum absolute atomic E-state index is 11.8. The largest absolute Gasteiger partial charge is 0.394 e. The summed E-state index contributed by atoms with van der Waals surface area (Å²) >= 11 is 1.23. The lowest BCUT2D eigenvalue weighted by Crippen LogP contribution is -2.57. The molecule has 0 bridgehead atoms. The molecule has 0 spiro atoms. The molecule has 1 aromatic carbocycles. The molecule has 1 aromatic heterocycles. The third-order valence-electron chi connectivity index (χ3n) is 4.92. The highest BCUT2D eigenvalue weighted by atomic mass is 32.2. The van der Waals surface area contributed by atoms with E-state index in [4.69, 9.17) is 4.74 Å². The second-order valence-electron chi connectivity index (χ2n) is 6.84. The van der Waals surface area contributed by atoms with E-state index in [1.54, 1.807) is 16.7 Å². The molecule has 1 aliphatic rings. The van der Waals surface area contributed by atoms with E-state index in [0.29, 0.717) is 6.54 Å². The summed E-state index contributed by atoms with van der Waals surface area (Å²) in [4.78, 5) is 12.6. The smallest absolute Gasteiger partial charge is 0.250 e. The number of aromatic nitrogens is 1. The Balaban J connectivity index is 1.82. The average molecular weight is 407 g/mol. The lowest BCUT2D eigenvalue weighted by atomic mass is 10.0. The monoisotopic (exact) mass is 407 g/mol. The number of ether oxygens (including phenoxy) is 1. The van der Waals surface area contributed by atoms with Crippen LogP contribution in [-0.4, -0.2) is 61.5 Å². The van der Waals surface area contributed by atoms with Gasteiger partial charge in [0.1, 0.15) is 29.9 Å². The zero-order valence-corrected chi connectivity index (χ0v) is 16.5. The molecule has 4 N–H and O–H groups in total. The van der Waals surface area contributed by atoms with Gasteiger partial charge in [0.25, 0.3) is 5.56 Å². The molecule has 5 atom stereocenters. The highest BCUT2D eigenvalue weighted by Crippen LogP contribution is 2.36. The predicted octanol–water partition coefficient (Wildman–Crippen LogP) is 0.736. The van der Waals surface area contributed by atoms with Crippen LogP contribution in [0.15, 0.2) is 46.2 Å². The third kappa shape index (κ3) is 4.17. The molecule has 7 nitrogen and oxygen atoms in total. The first-order chi connectivity index (χ1) is 13.3. The molecule has 3 rings (SSSR count). The van der Waals surface area contributed by atoms with Crippen molar-refractivity contribution in [2.75, 3.05) is 6.61 Å². The summed E-state index contributed by atoms with van der Waals surface area (Å²) < 4.78 is 7.20. The van der Waals surface area contributed by atoms with Gasteiger partial charge in [-0.05, 0) is 42.7 Å². The minimum atomic E-state index is -1.39. The summed E-state index contributed by atoms with van der Waals surface area (Å²) in [5, 5.41) is 39.4. The van der Waals surface area contributed by atoms with Gasteiger partial charge in [0.15, 0.2) is 0 Å². The van der Waals surface area contributed by atoms with Crippen LogP contribution in [0.2, 0.25) is 0 Å². The third-order valence-corrected chi connectivity index (χ3v) is 6.26. The lowest BCUT2D eigenvalue weighted by Gasteiger charge is -2.39. The number of aryl methyl sites for hydroxylation is 2. The van der Waals surface area contributed by atoms with Crippen molar-refractivity contribution in [2.24, 2.45) is 0 Å². The van der Waals surface area contributed by atoms with Gasteiger partial charge in [-0.1, -0.05) is 23.9 Å². The van der Waals surface area contributed by atoms with E-state index in [1.165, 1.54) is 11.8 Å². The number of hydrogen-bond donors (Lipinski definition) is 4. The first-order valence-corrected chi connectivity index (χ1v) is 10.0. The molecule has 28 heavy (non-hydrogen) atoms.